The summed E-state index contributed by atoms with van der Waals surface area (Å²) < 4.78 is 86.6. The lowest BCUT2D eigenvalue weighted by atomic mass is 10.1. The van der Waals surface area contributed by atoms with Crippen LogP contribution in [0, 0.1) is 0 Å². The third-order valence-electron chi connectivity index (χ3n) is 5.96. The van der Waals surface area contributed by atoms with Crippen molar-refractivity contribution in [2.75, 3.05) is 18.6 Å². The number of anilines is 1. The second-order valence-corrected chi connectivity index (χ2v) is 8.55. The van der Waals surface area contributed by atoms with E-state index in [9.17, 15) is 35.9 Å². The van der Waals surface area contributed by atoms with Crippen LogP contribution in [0.25, 0.3) is 0 Å². The summed E-state index contributed by atoms with van der Waals surface area (Å²) in [5.41, 5.74) is -2.40. The topological polar surface area (TPSA) is 89.3 Å². The Morgan fingerprint density at radius 2 is 1.82 bits per heavy atom. The zero-order valence-corrected chi connectivity index (χ0v) is 20.0. The van der Waals surface area contributed by atoms with Crippen LogP contribution in [0.1, 0.15) is 56.2 Å². The number of amides is 1. The number of halogens is 6. The normalized spacial score (nSPS) is 14.3. The fraction of sp³-hybridized carbons (Fsp3) is 0.333. The predicted octanol–water partition coefficient (Wildman–Crippen LogP) is 4.61. The maximum absolute atomic E-state index is 13.9. The number of esters is 1. The molecular weight excluding hydrogens is 520 g/mol. The summed E-state index contributed by atoms with van der Waals surface area (Å²) in [7, 11) is 1.18. The molecule has 0 aliphatic carbocycles. The number of nitrogens with zero attached hydrogens (tertiary/aromatic N) is 4. The van der Waals surface area contributed by atoms with Crippen molar-refractivity contribution < 1.29 is 40.7 Å². The van der Waals surface area contributed by atoms with Crippen molar-refractivity contribution in [2.24, 2.45) is 0 Å². The van der Waals surface area contributed by atoms with Gasteiger partial charge < -0.3 is 15.0 Å². The monoisotopic (exact) mass is 541 g/mol. The molecule has 1 aliphatic heterocycles. The first-order valence-corrected chi connectivity index (χ1v) is 11.2. The van der Waals surface area contributed by atoms with E-state index in [1.165, 1.54) is 49.4 Å². The van der Waals surface area contributed by atoms with Crippen LogP contribution < -0.4 is 10.2 Å². The zero-order valence-electron chi connectivity index (χ0n) is 20.0. The molecule has 8 nitrogen and oxygen atoms in total. The van der Waals surface area contributed by atoms with Crippen LogP contribution in [0.3, 0.4) is 0 Å². The predicted molar refractivity (Wildman–Crippen MR) is 121 cm³/mol. The summed E-state index contributed by atoms with van der Waals surface area (Å²) in [6.45, 7) is 1.51. The molecule has 202 valence electrons. The molecule has 1 amide bonds. The van der Waals surface area contributed by atoms with Crippen molar-refractivity contribution in [1.29, 1.82) is 0 Å². The molecule has 14 heteroatoms. The fourth-order valence-corrected chi connectivity index (χ4v) is 4.12. The van der Waals surface area contributed by atoms with Gasteiger partial charge in [0.2, 0.25) is 0 Å². The summed E-state index contributed by atoms with van der Waals surface area (Å²) in [5.74, 6) is -1.89. The maximum atomic E-state index is 13.9. The highest BCUT2D eigenvalue weighted by atomic mass is 19.4. The van der Waals surface area contributed by atoms with Crippen molar-refractivity contribution in [1.82, 2.24) is 20.1 Å². The largest absolute Gasteiger partial charge is 0.464 e. The van der Waals surface area contributed by atoms with Crippen LogP contribution in [0.15, 0.2) is 42.6 Å². The minimum atomic E-state index is -4.96. The molecular formula is C24H21F6N5O3. The number of carbonyl (C=O) groups excluding carboxylic acids is 2. The average Bonchev–Trinajstić information content (AvgIpc) is 3.43. The highest BCUT2D eigenvalue weighted by molar-refractivity contribution is 6.01. The second-order valence-electron chi connectivity index (χ2n) is 8.55. The van der Waals surface area contributed by atoms with E-state index in [-0.39, 0.29) is 36.7 Å². The Hall–Kier alpha value is -4.10. The molecule has 1 unspecified atom stereocenters. The first-order valence-electron chi connectivity index (χ1n) is 11.2. The molecule has 38 heavy (non-hydrogen) atoms. The van der Waals surface area contributed by atoms with E-state index in [0.29, 0.717) is 5.56 Å². The highest BCUT2D eigenvalue weighted by Gasteiger charge is 2.44. The number of rotatable bonds is 6. The lowest BCUT2D eigenvalue weighted by Crippen LogP contribution is -2.31. The van der Waals surface area contributed by atoms with Gasteiger partial charge in [0.05, 0.1) is 25.3 Å². The molecule has 0 saturated heterocycles. The van der Waals surface area contributed by atoms with Crippen LogP contribution in [-0.4, -0.2) is 40.3 Å². The molecule has 0 bridgehead atoms. The quantitative estimate of drug-likeness (QED) is 0.362. The summed E-state index contributed by atoms with van der Waals surface area (Å²) in [5, 5.41) is 6.09. The van der Waals surface area contributed by atoms with E-state index >= 15 is 0 Å². The highest BCUT2D eigenvalue weighted by Crippen LogP contribution is 2.39. The Balaban J connectivity index is 1.63. The Morgan fingerprint density at radius 3 is 2.42 bits per heavy atom. The van der Waals surface area contributed by atoms with Gasteiger partial charge in [-0.1, -0.05) is 18.2 Å². The van der Waals surface area contributed by atoms with Crippen molar-refractivity contribution in [3.63, 3.8) is 0 Å². The number of fused-ring (bicyclic) bond motifs is 1. The Kier molecular flexibility index (Phi) is 7.08. The van der Waals surface area contributed by atoms with E-state index in [1.807, 2.05) is 0 Å². The maximum Gasteiger partial charge on any atom is 0.436 e. The van der Waals surface area contributed by atoms with Gasteiger partial charge in [-0.15, -0.1) is 0 Å². The van der Waals surface area contributed by atoms with E-state index < -0.39 is 47.1 Å². The van der Waals surface area contributed by atoms with Gasteiger partial charge in [-0.25, -0.2) is 14.5 Å². The van der Waals surface area contributed by atoms with Crippen molar-refractivity contribution in [2.45, 2.75) is 38.4 Å². The molecule has 0 radical (unpaired) electrons. The van der Waals surface area contributed by atoms with Crippen LogP contribution in [0.4, 0.5) is 32.2 Å². The third-order valence-corrected chi connectivity index (χ3v) is 5.96. The number of nitrogens with one attached hydrogen (secondary N) is 1. The van der Waals surface area contributed by atoms with Gasteiger partial charge in [0.25, 0.3) is 5.91 Å². The van der Waals surface area contributed by atoms with Gasteiger partial charge in [-0.3, -0.25) is 4.79 Å². The molecule has 1 aromatic carbocycles. The van der Waals surface area contributed by atoms with Crippen molar-refractivity contribution >= 4 is 17.7 Å². The SMILES string of the molecule is COC(=O)c1ccc(C(C)NC(=O)c2c(C(F)(F)F)nn3c2N(Cc2cccc(C(F)(F)F)c2)CC3)cn1. The fourth-order valence-electron chi connectivity index (χ4n) is 4.12. The zero-order chi connectivity index (χ0) is 27.8. The summed E-state index contributed by atoms with van der Waals surface area (Å²) in [4.78, 5) is 30.1. The minimum absolute atomic E-state index is 0.00817. The Labute approximate surface area is 212 Å². The van der Waals surface area contributed by atoms with Crippen LogP contribution in [-0.2, 0) is 30.2 Å². The van der Waals surface area contributed by atoms with Crippen LogP contribution in [0.5, 0.6) is 0 Å². The molecule has 2 aromatic heterocycles. The Bertz CT molecular complexity index is 1350. The van der Waals surface area contributed by atoms with E-state index in [2.05, 4.69) is 20.1 Å². The number of ether oxygens (including phenoxy) is 1. The number of benzene rings is 1. The van der Waals surface area contributed by atoms with Crippen LogP contribution >= 0.6 is 0 Å². The Morgan fingerprint density at radius 1 is 1.08 bits per heavy atom. The molecule has 1 atom stereocenters. The van der Waals surface area contributed by atoms with Crippen molar-refractivity contribution in [3.8, 4) is 0 Å². The molecule has 0 saturated carbocycles. The van der Waals surface area contributed by atoms with E-state index in [0.717, 1.165) is 16.8 Å². The molecule has 1 N–H and O–H groups in total. The van der Waals surface area contributed by atoms with Gasteiger partial charge >= 0.3 is 18.3 Å². The third kappa shape index (κ3) is 5.43. The molecule has 0 spiro atoms. The number of carbonyl (C=O) groups is 2. The smallest absolute Gasteiger partial charge is 0.436 e. The lowest BCUT2D eigenvalue weighted by Gasteiger charge is -2.21. The number of hydrogen-bond donors (Lipinski definition) is 1. The molecule has 4 rings (SSSR count). The number of methoxy groups -OCH3 is 1. The summed E-state index contributed by atoms with van der Waals surface area (Å²) >= 11 is 0. The van der Waals surface area contributed by atoms with Crippen molar-refractivity contribution in [3.05, 3.63) is 76.2 Å². The number of alkyl halides is 6. The van der Waals surface area contributed by atoms with E-state index in [1.54, 1.807) is 0 Å². The van der Waals surface area contributed by atoms with Gasteiger partial charge in [0.15, 0.2) is 5.69 Å². The summed E-state index contributed by atoms with van der Waals surface area (Å²) in [6, 6.07) is 6.45. The lowest BCUT2D eigenvalue weighted by molar-refractivity contribution is -0.142. The minimum Gasteiger partial charge on any atom is -0.464 e. The average molecular weight is 541 g/mol. The molecule has 3 heterocycles. The number of aromatic nitrogens is 3. The summed E-state index contributed by atoms with van der Waals surface area (Å²) in [6.07, 6.45) is -8.26. The van der Waals surface area contributed by atoms with Gasteiger partial charge in [0.1, 0.15) is 17.1 Å². The number of pyridine rings is 1. The van der Waals surface area contributed by atoms with Gasteiger partial charge in [-0.2, -0.15) is 31.4 Å². The molecule has 1 aliphatic rings. The van der Waals surface area contributed by atoms with Crippen LogP contribution in [0.2, 0.25) is 0 Å². The standard InChI is InChI=1S/C24H21F6N5O3/c1-13(15-6-7-17(31-11-15)22(37)38-2)32-20(36)18-19(24(28,29)30)33-35-9-8-34(21(18)35)12-14-4-3-5-16(10-14)23(25,26)27/h3-7,10-11,13H,8-9,12H2,1-2H3,(H,32,36). The molecule has 3 aromatic rings. The molecule has 0 fully saturated rings. The number of hydrogen-bond acceptors (Lipinski definition) is 6. The first kappa shape index (κ1) is 26.9. The first-order chi connectivity index (χ1) is 17.8. The van der Waals surface area contributed by atoms with Gasteiger partial charge in [0, 0.05) is 19.3 Å². The van der Waals surface area contributed by atoms with Gasteiger partial charge in [-0.05, 0) is 36.2 Å². The second kappa shape index (κ2) is 9.99. The van der Waals surface area contributed by atoms with E-state index in [4.69, 9.17) is 0 Å².